The first-order valence-electron chi connectivity index (χ1n) is 7.12. The van der Waals surface area contributed by atoms with Gasteiger partial charge in [0.25, 0.3) is 5.91 Å². The van der Waals surface area contributed by atoms with Crippen molar-refractivity contribution in [1.29, 1.82) is 0 Å². The number of anilines is 1. The molecule has 0 aliphatic heterocycles. The lowest BCUT2D eigenvalue weighted by Gasteiger charge is -2.07. The number of hydrogen-bond acceptors (Lipinski definition) is 4. The number of ether oxygens (including phenoxy) is 1. The molecular formula is C18H15N3O2. The van der Waals surface area contributed by atoms with Crippen LogP contribution < -0.4 is 10.1 Å². The summed E-state index contributed by atoms with van der Waals surface area (Å²) >= 11 is 0. The van der Waals surface area contributed by atoms with Crippen LogP contribution in [0.25, 0.3) is 11.0 Å². The highest BCUT2D eigenvalue weighted by molar-refractivity contribution is 6.05. The predicted molar refractivity (Wildman–Crippen MR) is 89.6 cm³/mol. The number of nitrogens with zero attached hydrogens (tertiary/aromatic N) is 2. The molecule has 1 aromatic heterocycles. The van der Waals surface area contributed by atoms with Gasteiger partial charge in [0, 0.05) is 23.6 Å². The fourth-order valence-corrected chi connectivity index (χ4v) is 2.10. The normalized spacial score (nSPS) is 10.3. The van der Waals surface area contributed by atoms with Crippen LogP contribution in [0.15, 0.2) is 67.5 Å². The molecule has 2 aromatic carbocycles. The Bertz CT molecular complexity index is 844. The van der Waals surface area contributed by atoms with E-state index in [9.17, 15) is 4.79 Å². The minimum Gasteiger partial charge on any atom is -0.490 e. The van der Waals surface area contributed by atoms with Gasteiger partial charge in [0.2, 0.25) is 0 Å². The average Bonchev–Trinajstić information content (AvgIpc) is 2.60. The number of carbonyl (C=O) groups is 1. The molecular weight excluding hydrogens is 290 g/mol. The number of aromatic nitrogens is 2. The van der Waals surface area contributed by atoms with E-state index in [0.29, 0.717) is 23.4 Å². The molecule has 114 valence electrons. The van der Waals surface area contributed by atoms with Crippen LogP contribution in [0.4, 0.5) is 5.69 Å². The highest BCUT2D eigenvalue weighted by Crippen LogP contribution is 2.17. The molecule has 5 nitrogen and oxygen atoms in total. The number of hydrogen-bond donors (Lipinski definition) is 1. The van der Waals surface area contributed by atoms with Crippen LogP contribution in [-0.4, -0.2) is 22.5 Å². The molecule has 0 aliphatic carbocycles. The van der Waals surface area contributed by atoms with Crippen molar-refractivity contribution in [3.8, 4) is 5.75 Å². The summed E-state index contributed by atoms with van der Waals surface area (Å²) in [6, 6.07) is 12.4. The van der Waals surface area contributed by atoms with Crippen molar-refractivity contribution in [2.75, 3.05) is 11.9 Å². The average molecular weight is 305 g/mol. The van der Waals surface area contributed by atoms with Gasteiger partial charge in [-0.3, -0.25) is 14.8 Å². The molecule has 3 aromatic rings. The van der Waals surface area contributed by atoms with E-state index in [4.69, 9.17) is 4.74 Å². The summed E-state index contributed by atoms with van der Waals surface area (Å²) in [6.45, 7) is 4.04. The minimum atomic E-state index is -0.197. The maximum absolute atomic E-state index is 12.3. The monoisotopic (exact) mass is 305 g/mol. The third kappa shape index (κ3) is 3.52. The molecule has 0 saturated heterocycles. The van der Waals surface area contributed by atoms with Gasteiger partial charge in [-0.1, -0.05) is 12.7 Å². The first kappa shape index (κ1) is 14.7. The van der Waals surface area contributed by atoms with Gasteiger partial charge in [-0.2, -0.15) is 0 Å². The molecule has 1 amide bonds. The van der Waals surface area contributed by atoms with Crippen LogP contribution in [0.3, 0.4) is 0 Å². The lowest BCUT2D eigenvalue weighted by atomic mass is 10.1. The summed E-state index contributed by atoms with van der Waals surface area (Å²) in [5.41, 5.74) is 2.67. The SMILES string of the molecule is C=CCOc1ccc(NC(=O)c2ccc3nccnc3c2)cc1. The zero-order valence-electron chi connectivity index (χ0n) is 12.4. The zero-order valence-corrected chi connectivity index (χ0v) is 12.4. The lowest BCUT2D eigenvalue weighted by Crippen LogP contribution is -2.11. The Morgan fingerprint density at radius 1 is 1.09 bits per heavy atom. The highest BCUT2D eigenvalue weighted by atomic mass is 16.5. The van der Waals surface area contributed by atoms with Crippen molar-refractivity contribution in [3.05, 3.63) is 73.1 Å². The van der Waals surface area contributed by atoms with Gasteiger partial charge in [-0.05, 0) is 42.5 Å². The molecule has 0 bridgehead atoms. The second-order valence-corrected chi connectivity index (χ2v) is 4.84. The van der Waals surface area contributed by atoms with Crippen LogP contribution in [0, 0.1) is 0 Å². The molecule has 0 unspecified atom stereocenters. The summed E-state index contributed by atoms with van der Waals surface area (Å²) in [4.78, 5) is 20.7. The summed E-state index contributed by atoms with van der Waals surface area (Å²) in [6.07, 6.45) is 4.91. The first-order chi connectivity index (χ1) is 11.3. The van der Waals surface area contributed by atoms with E-state index >= 15 is 0 Å². The molecule has 1 heterocycles. The molecule has 0 atom stereocenters. The zero-order chi connectivity index (χ0) is 16.1. The standard InChI is InChI=1S/C18H15N3O2/c1-2-11-23-15-6-4-14(5-7-15)21-18(22)13-3-8-16-17(12-13)20-10-9-19-16/h2-10,12H,1,11H2,(H,21,22). The van der Waals surface area contributed by atoms with E-state index in [1.54, 1.807) is 60.9 Å². The fourth-order valence-electron chi connectivity index (χ4n) is 2.10. The van der Waals surface area contributed by atoms with E-state index in [2.05, 4.69) is 21.9 Å². The van der Waals surface area contributed by atoms with Crippen LogP contribution >= 0.6 is 0 Å². The maximum Gasteiger partial charge on any atom is 0.255 e. The van der Waals surface area contributed by atoms with Crippen LogP contribution in [0.1, 0.15) is 10.4 Å². The van der Waals surface area contributed by atoms with E-state index in [-0.39, 0.29) is 5.91 Å². The second kappa shape index (κ2) is 6.70. The van der Waals surface area contributed by atoms with Crippen molar-refractivity contribution >= 4 is 22.6 Å². The van der Waals surface area contributed by atoms with Gasteiger partial charge in [0.15, 0.2) is 0 Å². The number of rotatable bonds is 5. The number of fused-ring (bicyclic) bond motifs is 1. The van der Waals surface area contributed by atoms with Crippen molar-refractivity contribution < 1.29 is 9.53 Å². The van der Waals surface area contributed by atoms with E-state index in [1.807, 2.05) is 0 Å². The van der Waals surface area contributed by atoms with Crippen LogP contribution in [0.2, 0.25) is 0 Å². The van der Waals surface area contributed by atoms with Gasteiger partial charge < -0.3 is 10.1 Å². The van der Waals surface area contributed by atoms with Gasteiger partial charge in [-0.15, -0.1) is 0 Å². The second-order valence-electron chi connectivity index (χ2n) is 4.84. The molecule has 5 heteroatoms. The maximum atomic E-state index is 12.3. The predicted octanol–water partition coefficient (Wildman–Crippen LogP) is 3.45. The molecule has 3 rings (SSSR count). The summed E-state index contributed by atoms with van der Waals surface area (Å²) in [5.74, 6) is 0.529. The Kier molecular flexibility index (Phi) is 4.29. The first-order valence-corrected chi connectivity index (χ1v) is 7.12. The van der Waals surface area contributed by atoms with Gasteiger partial charge in [0.1, 0.15) is 12.4 Å². The molecule has 0 spiro atoms. The highest BCUT2D eigenvalue weighted by Gasteiger charge is 2.08. The van der Waals surface area contributed by atoms with Crippen molar-refractivity contribution in [1.82, 2.24) is 9.97 Å². The van der Waals surface area contributed by atoms with E-state index < -0.39 is 0 Å². The Labute approximate surface area is 133 Å². The van der Waals surface area contributed by atoms with Crippen molar-refractivity contribution in [3.63, 3.8) is 0 Å². The summed E-state index contributed by atoms with van der Waals surface area (Å²) in [7, 11) is 0. The number of carbonyl (C=O) groups excluding carboxylic acids is 1. The third-order valence-corrected chi connectivity index (χ3v) is 3.21. The number of amides is 1. The Morgan fingerprint density at radius 3 is 2.57 bits per heavy atom. The topological polar surface area (TPSA) is 64.1 Å². The molecule has 23 heavy (non-hydrogen) atoms. The van der Waals surface area contributed by atoms with Crippen LogP contribution in [0.5, 0.6) is 5.75 Å². The lowest BCUT2D eigenvalue weighted by molar-refractivity contribution is 0.102. The Balaban J connectivity index is 1.73. The Morgan fingerprint density at radius 2 is 1.83 bits per heavy atom. The molecule has 1 N–H and O–H groups in total. The summed E-state index contributed by atoms with van der Waals surface area (Å²) < 4.78 is 5.40. The van der Waals surface area contributed by atoms with Crippen molar-refractivity contribution in [2.45, 2.75) is 0 Å². The van der Waals surface area contributed by atoms with Gasteiger partial charge >= 0.3 is 0 Å². The summed E-state index contributed by atoms with van der Waals surface area (Å²) in [5, 5.41) is 2.84. The molecule has 0 aliphatic rings. The van der Waals surface area contributed by atoms with E-state index in [0.717, 1.165) is 11.3 Å². The number of nitrogens with one attached hydrogen (secondary N) is 1. The number of benzene rings is 2. The van der Waals surface area contributed by atoms with E-state index in [1.165, 1.54) is 0 Å². The quantitative estimate of drug-likeness (QED) is 0.733. The largest absolute Gasteiger partial charge is 0.490 e. The molecule has 0 fully saturated rings. The fraction of sp³-hybridized carbons (Fsp3) is 0.0556. The van der Waals surface area contributed by atoms with Gasteiger partial charge in [0.05, 0.1) is 11.0 Å². The van der Waals surface area contributed by atoms with Crippen molar-refractivity contribution in [2.24, 2.45) is 0 Å². The minimum absolute atomic E-state index is 0.197. The smallest absolute Gasteiger partial charge is 0.255 e. The Hall–Kier alpha value is -3.21. The molecule has 0 radical (unpaired) electrons. The van der Waals surface area contributed by atoms with Crippen LogP contribution in [-0.2, 0) is 0 Å². The third-order valence-electron chi connectivity index (χ3n) is 3.21. The van der Waals surface area contributed by atoms with Gasteiger partial charge in [-0.25, -0.2) is 0 Å². The molecule has 0 saturated carbocycles.